The number of nitro groups is 1. The monoisotopic (exact) mass is 307 g/mol. The van der Waals surface area contributed by atoms with Crippen LogP contribution in [0.3, 0.4) is 0 Å². The smallest absolute Gasteiger partial charge is 0.273 e. The summed E-state index contributed by atoms with van der Waals surface area (Å²) in [7, 11) is 1.65. The van der Waals surface area contributed by atoms with E-state index in [1.165, 1.54) is 6.07 Å². The van der Waals surface area contributed by atoms with Gasteiger partial charge < -0.3 is 15.4 Å². The minimum Gasteiger partial charge on any atom is -0.381 e. The van der Waals surface area contributed by atoms with Gasteiger partial charge in [-0.3, -0.25) is 14.9 Å². The van der Waals surface area contributed by atoms with Crippen LogP contribution in [0.5, 0.6) is 0 Å². The van der Waals surface area contributed by atoms with E-state index in [0.29, 0.717) is 30.6 Å². The molecule has 22 heavy (non-hydrogen) atoms. The van der Waals surface area contributed by atoms with E-state index < -0.39 is 4.92 Å². The number of benzene rings is 1. The van der Waals surface area contributed by atoms with Gasteiger partial charge in [-0.25, -0.2) is 0 Å². The van der Waals surface area contributed by atoms with Crippen molar-refractivity contribution in [2.45, 2.75) is 31.9 Å². The van der Waals surface area contributed by atoms with Gasteiger partial charge in [-0.05, 0) is 25.8 Å². The standard InChI is InChI=1S/C15H21N3O4/c1-10-3-4-11(7-14(10)18(20)21)15(19)17-6-5-13(22-2)8-12(17)9-16/h3-4,7,12-13H,5-6,8-9,16H2,1-2H3. The number of nitrogens with zero attached hydrogens (tertiary/aromatic N) is 2. The van der Waals surface area contributed by atoms with E-state index in [1.54, 1.807) is 31.1 Å². The summed E-state index contributed by atoms with van der Waals surface area (Å²) in [6.07, 6.45) is 1.53. The van der Waals surface area contributed by atoms with Gasteiger partial charge >= 0.3 is 0 Å². The molecule has 0 radical (unpaired) electrons. The van der Waals surface area contributed by atoms with Crippen LogP contribution in [-0.4, -0.2) is 48.1 Å². The highest BCUT2D eigenvalue weighted by Gasteiger charge is 2.31. The van der Waals surface area contributed by atoms with Gasteiger partial charge in [-0.1, -0.05) is 6.07 Å². The largest absolute Gasteiger partial charge is 0.381 e. The van der Waals surface area contributed by atoms with Gasteiger partial charge in [0.05, 0.1) is 11.0 Å². The SMILES string of the molecule is COC1CCN(C(=O)c2ccc(C)c([N+](=O)[O-])c2)C(CN)C1. The van der Waals surface area contributed by atoms with Crippen molar-refractivity contribution in [2.75, 3.05) is 20.2 Å². The van der Waals surface area contributed by atoms with Crippen LogP contribution < -0.4 is 5.73 Å². The fourth-order valence-corrected chi connectivity index (χ4v) is 2.82. The van der Waals surface area contributed by atoms with E-state index in [0.717, 1.165) is 6.42 Å². The zero-order chi connectivity index (χ0) is 16.3. The molecule has 1 amide bonds. The summed E-state index contributed by atoms with van der Waals surface area (Å²) in [4.78, 5) is 24.9. The van der Waals surface area contributed by atoms with Gasteiger partial charge in [0.2, 0.25) is 0 Å². The number of aryl methyl sites for hydroxylation is 1. The molecule has 0 bridgehead atoms. The number of nitro benzene ring substituents is 1. The molecule has 1 aliphatic rings. The summed E-state index contributed by atoms with van der Waals surface area (Å²) in [5.41, 5.74) is 6.59. The Balaban J connectivity index is 2.24. The van der Waals surface area contributed by atoms with Crippen LogP contribution in [0.15, 0.2) is 18.2 Å². The van der Waals surface area contributed by atoms with Crippen LogP contribution in [0.4, 0.5) is 5.69 Å². The Hall–Kier alpha value is -1.99. The molecule has 2 atom stereocenters. The molecule has 0 saturated carbocycles. The number of nitrogens with two attached hydrogens (primary N) is 1. The fourth-order valence-electron chi connectivity index (χ4n) is 2.82. The zero-order valence-corrected chi connectivity index (χ0v) is 12.8. The fraction of sp³-hybridized carbons (Fsp3) is 0.533. The molecule has 1 heterocycles. The molecule has 0 aliphatic carbocycles. The van der Waals surface area contributed by atoms with Crippen molar-refractivity contribution >= 4 is 11.6 Å². The van der Waals surface area contributed by atoms with Crippen molar-refractivity contribution in [3.8, 4) is 0 Å². The highest BCUT2D eigenvalue weighted by atomic mass is 16.6. The minimum atomic E-state index is -0.469. The third-order valence-corrected chi connectivity index (χ3v) is 4.19. The van der Waals surface area contributed by atoms with E-state index in [2.05, 4.69) is 0 Å². The number of amides is 1. The van der Waals surface area contributed by atoms with Crippen molar-refractivity contribution in [3.05, 3.63) is 39.4 Å². The lowest BCUT2D eigenvalue weighted by Gasteiger charge is -2.38. The Labute approximate surface area is 129 Å². The third-order valence-electron chi connectivity index (χ3n) is 4.19. The highest BCUT2D eigenvalue weighted by Crippen LogP contribution is 2.24. The molecule has 1 aromatic carbocycles. The molecule has 2 rings (SSSR count). The van der Waals surface area contributed by atoms with Crippen LogP contribution in [0.2, 0.25) is 0 Å². The molecular formula is C15H21N3O4. The van der Waals surface area contributed by atoms with Gasteiger partial charge in [0.25, 0.3) is 11.6 Å². The second-order valence-corrected chi connectivity index (χ2v) is 5.53. The summed E-state index contributed by atoms with van der Waals surface area (Å²) in [6, 6.07) is 4.46. The van der Waals surface area contributed by atoms with Crippen LogP contribution in [0, 0.1) is 17.0 Å². The zero-order valence-electron chi connectivity index (χ0n) is 12.8. The molecule has 0 spiro atoms. The molecule has 1 aromatic rings. The Kier molecular flexibility index (Phi) is 5.10. The summed E-state index contributed by atoms with van der Waals surface area (Å²) in [5.74, 6) is -0.215. The average Bonchev–Trinajstić information content (AvgIpc) is 2.53. The van der Waals surface area contributed by atoms with Crippen LogP contribution in [0.25, 0.3) is 0 Å². The lowest BCUT2D eigenvalue weighted by molar-refractivity contribution is -0.385. The molecule has 7 heteroatoms. The summed E-state index contributed by atoms with van der Waals surface area (Å²) in [6.45, 7) is 2.54. The molecule has 1 fully saturated rings. The van der Waals surface area contributed by atoms with Crippen molar-refractivity contribution < 1.29 is 14.5 Å². The van der Waals surface area contributed by atoms with Gasteiger partial charge in [0.15, 0.2) is 0 Å². The molecule has 2 unspecified atom stereocenters. The molecular weight excluding hydrogens is 286 g/mol. The van der Waals surface area contributed by atoms with E-state index in [1.807, 2.05) is 0 Å². The number of carbonyl (C=O) groups is 1. The molecule has 0 aromatic heterocycles. The lowest BCUT2D eigenvalue weighted by atomic mass is 9.98. The maximum atomic E-state index is 12.7. The normalized spacial score (nSPS) is 21.7. The average molecular weight is 307 g/mol. The number of methoxy groups -OCH3 is 1. The first-order chi connectivity index (χ1) is 10.5. The maximum Gasteiger partial charge on any atom is 0.273 e. The number of piperidine rings is 1. The van der Waals surface area contributed by atoms with E-state index in [-0.39, 0.29) is 23.7 Å². The number of hydrogen-bond donors (Lipinski definition) is 1. The van der Waals surface area contributed by atoms with E-state index >= 15 is 0 Å². The maximum absolute atomic E-state index is 12.7. The first-order valence-electron chi connectivity index (χ1n) is 7.26. The van der Waals surface area contributed by atoms with Crippen LogP contribution in [-0.2, 0) is 4.74 Å². The van der Waals surface area contributed by atoms with Crippen LogP contribution in [0.1, 0.15) is 28.8 Å². The third kappa shape index (κ3) is 3.26. The first kappa shape index (κ1) is 16.4. The number of likely N-dealkylation sites (tertiary alicyclic amines) is 1. The predicted octanol–water partition coefficient (Wildman–Crippen LogP) is 1.48. The second-order valence-electron chi connectivity index (χ2n) is 5.53. The van der Waals surface area contributed by atoms with Crippen LogP contribution >= 0.6 is 0 Å². The quantitative estimate of drug-likeness (QED) is 0.671. The number of carbonyl (C=O) groups excluding carboxylic acids is 1. The molecule has 1 aliphatic heterocycles. The first-order valence-corrected chi connectivity index (χ1v) is 7.26. The topological polar surface area (TPSA) is 98.7 Å². The minimum absolute atomic E-state index is 0.0399. The van der Waals surface area contributed by atoms with Gasteiger partial charge in [-0.15, -0.1) is 0 Å². The summed E-state index contributed by atoms with van der Waals surface area (Å²) in [5, 5.41) is 11.0. The van der Waals surface area contributed by atoms with Gasteiger partial charge in [0.1, 0.15) is 0 Å². The number of rotatable bonds is 4. The summed E-state index contributed by atoms with van der Waals surface area (Å²) < 4.78 is 5.34. The summed E-state index contributed by atoms with van der Waals surface area (Å²) >= 11 is 0. The Morgan fingerprint density at radius 1 is 1.55 bits per heavy atom. The Bertz CT molecular complexity index is 576. The second kappa shape index (κ2) is 6.85. The van der Waals surface area contributed by atoms with Crippen molar-refractivity contribution in [3.63, 3.8) is 0 Å². The highest BCUT2D eigenvalue weighted by molar-refractivity contribution is 5.95. The molecule has 2 N–H and O–H groups in total. The van der Waals surface area contributed by atoms with E-state index in [9.17, 15) is 14.9 Å². The van der Waals surface area contributed by atoms with Crippen molar-refractivity contribution in [1.29, 1.82) is 0 Å². The molecule has 7 nitrogen and oxygen atoms in total. The molecule has 1 saturated heterocycles. The Morgan fingerprint density at radius 3 is 2.86 bits per heavy atom. The number of hydrogen-bond acceptors (Lipinski definition) is 5. The predicted molar refractivity (Wildman–Crippen MR) is 81.7 cm³/mol. The van der Waals surface area contributed by atoms with Crippen molar-refractivity contribution in [1.82, 2.24) is 4.90 Å². The van der Waals surface area contributed by atoms with Gasteiger partial charge in [-0.2, -0.15) is 0 Å². The lowest BCUT2D eigenvalue weighted by Crippen LogP contribution is -2.51. The number of ether oxygens (including phenoxy) is 1. The molecule has 120 valence electrons. The van der Waals surface area contributed by atoms with Crippen molar-refractivity contribution in [2.24, 2.45) is 5.73 Å². The van der Waals surface area contributed by atoms with E-state index in [4.69, 9.17) is 10.5 Å². The van der Waals surface area contributed by atoms with Gasteiger partial charge in [0, 0.05) is 43.4 Å². The Morgan fingerprint density at radius 2 is 2.27 bits per heavy atom.